The van der Waals surface area contributed by atoms with Crippen molar-refractivity contribution in [1.29, 1.82) is 0 Å². The third kappa shape index (κ3) is 6.22. The molecule has 3 aromatic rings. The van der Waals surface area contributed by atoms with Crippen molar-refractivity contribution in [2.75, 3.05) is 38.6 Å². The molecule has 2 aromatic heterocycles. The van der Waals surface area contributed by atoms with E-state index >= 15 is 0 Å². The molecule has 216 valence electrons. The first-order valence-electron chi connectivity index (χ1n) is 11.9. The van der Waals surface area contributed by atoms with Crippen LogP contribution in [0.1, 0.15) is 19.4 Å². The van der Waals surface area contributed by atoms with Gasteiger partial charge in [-0.05, 0) is 42.9 Å². The maximum atomic E-state index is 13.7. The molecule has 2 N–H and O–H groups in total. The van der Waals surface area contributed by atoms with Crippen LogP contribution in [0.5, 0.6) is 0 Å². The highest BCUT2D eigenvalue weighted by molar-refractivity contribution is 7.89. The van der Waals surface area contributed by atoms with Gasteiger partial charge in [-0.1, -0.05) is 6.07 Å². The third-order valence-corrected chi connectivity index (χ3v) is 7.86. The van der Waals surface area contributed by atoms with Crippen molar-refractivity contribution in [2.45, 2.75) is 37.4 Å². The minimum atomic E-state index is -5.42. The molecule has 0 aliphatic carbocycles. The Bertz CT molecular complexity index is 1480. The van der Waals surface area contributed by atoms with Crippen molar-refractivity contribution in [3.63, 3.8) is 0 Å². The van der Waals surface area contributed by atoms with Crippen LogP contribution in [0.4, 0.5) is 19.0 Å². The quantitative estimate of drug-likeness (QED) is 0.384. The fraction of sp³-hybridized carbons (Fsp3) is 0.435. The number of aryl methyl sites for hydroxylation is 1. The number of aromatic nitrogens is 5. The van der Waals surface area contributed by atoms with Crippen LogP contribution in [0.2, 0.25) is 0 Å². The number of hydrogen-bond acceptors (Lipinski definition) is 11. The maximum absolute atomic E-state index is 13.7. The van der Waals surface area contributed by atoms with Gasteiger partial charge < -0.3 is 15.3 Å². The van der Waals surface area contributed by atoms with Crippen molar-refractivity contribution in [3.8, 4) is 17.1 Å². The number of halogens is 3. The highest BCUT2D eigenvalue weighted by atomic mass is 32.2. The summed E-state index contributed by atoms with van der Waals surface area (Å²) in [4.78, 5) is 30.1. The number of nitrogens with zero attached hydrogens (tertiary/aromatic N) is 7. The molecule has 0 spiro atoms. The van der Waals surface area contributed by atoms with Crippen LogP contribution in [0.15, 0.2) is 41.9 Å². The number of anilines is 1. The Balaban J connectivity index is 1.74. The molecule has 0 bridgehead atoms. The van der Waals surface area contributed by atoms with Crippen molar-refractivity contribution in [2.24, 2.45) is 0 Å². The lowest BCUT2D eigenvalue weighted by Gasteiger charge is -2.42. The van der Waals surface area contributed by atoms with Crippen molar-refractivity contribution in [3.05, 3.63) is 42.6 Å². The molecular formula is C23H27F3N8O5S. The molecule has 1 aromatic carbocycles. The Hall–Kier alpha value is -3.67. The van der Waals surface area contributed by atoms with E-state index in [-0.39, 0.29) is 21.8 Å². The summed E-state index contributed by atoms with van der Waals surface area (Å²) in [7, 11) is -4.81. The molecule has 0 atom stereocenters. The van der Waals surface area contributed by atoms with E-state index in [0.717, 1.165) is 0 Å². The minimum absolute atomic E-state index is 0.0336. The van der Waals surface area contributed by atoms with Gasteiger partial charge in [0.1, 0.15) is 12.7 Å². The summed E-state index contributed by atoms with van der Waals surface area (Å²) in [6.07, 6.45) is -1.49. The molecule has 40 heavy (non-hydrogen) atoms. The lowest BCUT2D eigenvalue weighted by atomic mass is 10.0. The number of hydroxylamine groups is 1. The number of hydrogen-bond donors (Lipinski definition) is 1. The van der Waals surface area contributed by atoms with E-state index in [1.807, 2.05) is 4.90 Å². The van der Waals surface area contributed by atoms with Gasteiger partial charge in [0.25, 0.3) is 10.0 Å². The second kappa shape index (κ2) is 11.1. The number of rotatable bonds is 8. The normalized spacial score (nSPS) is 15.4. The van der Waals surface area contributed by atoms with Gasteiger partial charge in [-0.2, -0.15) is 23.0 Å². The average molecular weight is 585 g/mol. The van der Waals surface area contributed by atoms with Gasteiger partial charge >= 0.3 is 12.1 Å². The fourth-order valence-electron chi connectivity index (χ4n) is 4.05. The number of sulfonamides is 1. The van der Waals surface area contributed by atoms with E-state index in [1.54, 1.807) is 20.8 Å². The summed E-state index contributed by atoms with van der Waals surface area (Å²) < 4.78 is 73.6. The molecule has 1 saturated heterocycles. The average Bonchev–Trinajstić information content (AvgIpc) is 3.43. The van der Waals surface area contributed by atoms with Gasteiger partial charge in [-0.3, -0.25) is 4.90 Å². The topological polar surface area (TPSA) is 159 Å². The third-order valence-electron chi connectivity index (χ3n) is 6.27. The van der Waals surface area contributed by atoms with E-state index in [0.29, 0.717) is 37.4 Å². The number of carbonyl (C=O) groups is 1. The molecule has 1 aliphatic heterocycles. The van der Waals surface area contributed by atoms with Crippen LogP contribution >= 0.6 is 0 Å². The molecule has 17 heteroatoms. The van der Waals surface area contributed by atoms with E-state index in [2.05, 4.69) is 24.9 Å². The second-order valence-corrected chi connectivity index (χ2v) is 11.4. The van der Waals surface area contributed by atoms with Crippen LogP contribution in [-0.2, 0) is 24.4 Å². The van der Waals surface area contributed by atoms with Crippen LogP contribution < -0.4 is 5.73 Å². The smallest absolute Gasteiger partial charge is 0.381 e. The molecular weight excluding hydrogens is 557 g/mol. The Labute approximate surface area is 227 Å². The Morgan fingerprint density at radius 1 is 1.23 bits per heavy atom. The number of ether oxygens (including phenoxy) is 1. The van der Waals surface area contributed by atoms with Gasteiger partial charge in [0.2, 0.25) is 0 Å². The van der Waals surface area contributed by atoms with Gasteiger partial charge in [0.15, 0.2) is 11.6 Å². The van der Waals surface area contributed by atoms with E-state index in [9.17, 15) is 26.4 Å². The molecule has 4 rings (SSSR count). The summed E-state index contributed by atoms with van der Waals surface area (Å²) in [5.74, 6) is -2.50. The zero-order valence-electron chi connectivity index (χ0n) is 21.8. The second-order valence-electron chi connectivity index (χ2n) is 9.54. The number of benzene rings is 1. The lowest BCUT2D eigenvalue weighted by molar-refractivity contribution is -0.225. The Kier molecular flexibility index (Phi) is 8.11. The summed E-state index contributed by atoms with van der Waals surface area (Å²) in [6, 6.07) is 3.87. The predicted molar refractivity (Wildman–Crippen MR) is 134 cm³/mol. The number of alkyl halides is 3. The molecule has 1 fully saturated rings. The summed E-state index contributed by atoms with van der Waals surface area (Å²) in [5, 5.41) is 3.97. The van der Waals surface area contributed by atoms with Crippen LogP contribution in [0, 0.1) is 6.92 Å². The summed E-state index contributed by atoms with van der Waals surface area (Å²) in [6.45, 7) is 5.91. The number of carbonyl (C=O) groups excluding carboxylic acids is 1. The molecule has 0 radical (unpaired) electrons. The fourth-order valence-corrected chi connectivity index (χ4v) is 5.45. The largest absolute Gasteiger partial charge is 0.492 e. The van der Waals surface area contributed by atoms with Crippen molar-refractivity contribution in [1.82, 2.24) is 34.1 Å². The van der Waals surface area contributed by atoms with Crippen LogP contribution in [-0.4, -0.2) is 93.1 Å². The van der Waals surface area contributed by atoms with Crippen LogP contribution in [0.3, 0.4) is 0 Å². The first kappa shape index (κ1) is 29.3. The molecule has 0 unspecified atom stereocenters. The number of morpholine rings is 1. The molecule has 3 heterocycles. The van der Waals surface area contributed by atoms with Crippen molar-refractivity contribution < 1.29 is 36.0 Å². The monoisotopic (exact) mass is 584 g/mol. The summed E-state index contributed by atoms with van der Waals surface area (Å²) >= 11 is 0. The van der Waals surface area contributed by atoms with Gasteiger partial charge in [-0.15, -0.1) is 0 Å². The predicted octanol–water partition coefficient (Wildman–Crippen LogP) is 1.74. The summed E-state index contributed by atoms with van der Waals surface area (Å²) in [5.41, 5.74) is 5.98. The standard InChI is InChI=1S/C23H27F3N8O5S/c1-15-4-5-16(10-17(15)18-11-29-19(27)20(31-18)33-14-28-13-30-33)40(36,37)34(39-21(35)23(24,25)26)12-22(2,3)32-6-8-38-9-7-32/h4-5,10-11,13-14H,6-9,12H2,1-3H3,(H2,27,29). The zero-order valence-corrected chi connectivity index (χ0v) is 22.6. The number of nitrogens with two attached hydrogens (primary N) is 1. The Morgan fingerprint density at radius 2 is 1.93 bits per heavy atom. The zero-order chi connectivity index (χ0) is 29.3. The van der Waals surface area contributed by atoms with Crippen LogP contribution in [0.25, 0.3) is 17.1 Å². The first-order chi connectivity index (χ1) is 18.7. The Morgan fingerprint density at radius 3 is 2.55 bits per heavy atom. The van der Waals surface area contributed by atoms with E-state index < -0.39 is 39.1 Å². The maximum Gasteiger partial charge on any atom is 0.492 e. The lowest BCUT2D eigenvalue weighted by Crippen LogP contribution is -2.56. The first-order valence-corrected chi connectivity index (χ1v) is 13.4. The highest BCUT2D eigenvalue weighted by Gasteiger charge is 2.46. The van der Waals surface area contributed by atoms with Gasteiger partial charge in [0, 0.05) is 24.2 Å². The SMILES string of the molecule is Cc1ccc(S(=O)(=O)N(CC(C)(C)N2CCOCC2)OC(=O)C(F)(F)F)cc1-c1cnc(N)c(-n2cncn2)n1. The van der Waals surface area contributed by atoms with E-state index in [4.69, 9.17) is 10.5 Å². The molecule has 1 aliphatic rings. The number of nitrogen functional groups attached to an aromatic ring is 1. The van der Waals surface area contributed by atoms with E-state index in [1.165, 1.54) is 41.7 Å². The minimum Gasteiger partial charge on any atom is -0.381 e. The molecule has 0 amide bonds. The van der Waals surface area contributed by atoms with Crippen molar-refractivity contribution >= 4 is 21.8 Å². The highest BCUT2D eigenvalue weighted by Crippen LogP contribution is 2.30. The molecule has 0 saturated carbocycles. The molecule has 13 nitrogen and oxygen atoms in total. The van der Waals surface area contributed by atoms with Gasteiger partial charge in [-0.25, -0.2) is 28.2 Å². The van der Waals surface area contributed by atoms with Gasteiger partial charge in [0.05, 0.1) is 36.5 Å².